The van der Waals surface area contributed by atoms with Crippen molar-refractivity contribution in [3.05, 3.63) is 71.1 Å². The molecule has 0 radical (unpaired) electrons. The molecule has 0 aliphatic rings. The summed E-state index contributed by atoms with van der Waals surface area (Å²) in [6.07, 6.45) is 6.62. The van der Waals surface area contributed by atoms with Crippen LogP contribution >= 0.6 is 11.6 Å². The number of imidazole rings is 1. The molecule has 0 amide bonds. The Morgan fingerprint density at radius 1 is 1.20 bits per heavy atom. The number of aromatic nitrogens is 2. The van der Waals surface area contributed by atoms with Crippen molar-refractivity contribution >= 4 is 29.3 Å². The molecule has 3 aromatic rings. The number of halogens is 1. The molecule has 2 aromatic heterocycles. The second kappa shape index (κ2) is 7.85. The third-order valence-electron chi connectivity index (χ3n) is 3.43. The lowest BCUT2D eigenvalue weighted by Gasteiger charge is -2.02. The van der Waals surface area contributed by atoms with E-state index in [9.17, 15) is 4.79 Å². The zero-order chi connectivity index (χ0) is 17.6. The zero-order valence-corrected chi connectivity index (χ0v) is 14.4. The summed E-state index contributed by atoms with van der Waals surface area (Å²) in [5.41, 5.74) is 2.30. The van der Waals surface area contributed by atoms with E-state index in [-0.39, 0.29) is 6.61 Å². The number of carbonyl (C=O) groups is 1. The molecule has 0 N–H and O–H groups in total. The normalized spacial score (nSPS) is 11.1. The summed E-state index contributed by atoms with van der Waals surface area (Å²) in [6, 6.07) is 11.0. The molecule has 128 valence electrons. The Labute approximate surface area is 150 Å². The maximum atomic E-state index is 11.8. The maximum absolute atomic E-state index is 11.8. The topological polar surface area (TPSA) is 52.8 Å². The first kappa shape index (κ1) is 17.0. The Bertz CT molecular complexity index is 901. The van der Waals surface area contributed by atoms with Gasteiger partial charge in [0.1, 0.15) is 18.0 Å². The molecule has 0 bridgehead atoms. The van der Waals surface area contributed by atoms with E-state index in [1.807, 2.05) is 31.2 Å². The summed E-state index contributed by atoms with van der Waals surface area (Å²) in [4.78, 5) is 16.2. The fourth-order valence-electron chi connectivity index (χ4n) is 2.29. The van der Waals surface area contributed by atoms with Crippen molar-refractivity contribution in [2.24, 2.45) is 0 Å². The van der Waals surface area contributed by atoms with E-state index in [1.165, 1.54) is 6.08 Å². The molecular weight excluding hydrogens is 340 g/mol. The van der Waals surface area contributed by atoms with Gasteiger partial charge in [0.2, 0.25) is 0 Å². The van der Waals surface area contributed by atoms with E-state index in [1.54, 1.807) is 35.0 Å². The molecule has 0 saturated heterocycles. The number of esters is 1. The molecule has 0 saturated carbocycles. The second-order valence-electron chi connectivity index (χ2n) is 5.29. The molecule has 0 fully saturated rings. The van der Waals surface area contributed by atoms with Gasteiger partial charge >= 0.3 is 5.97 Å². The number of ether oxygens (including phenoxy) is 2. The minimum Gasteiger partial charge on any atom is -0.494 e. The highest BCUT2D eigenvalue weighted by molar-refractivity contribution is 6.30. The largest absolute Gasteiger partial charge is 0.494 e. The third-order valence-corrected chi connectivity index (χ3v) is 3.65. The van der Waals surface area contributed by atoms with E-state index in [0.717, 1.165) is 17.0 Å². The summed E-state index contributed by atoms with van der Waals surface area (Å²) in [6.45, 7) is 2.66. The molecule has 0 atom stereocenters. The smallest absolute Gasteiger partial charge is 0.331 e. The van der Waals surface area contributed by atoms with Gasteiger partial charge in [-0.1, -0.05) is 23.7 Å². The van der Waals surface area contributed by atoms with Crippen LogP contribution in [0, 0.1) is 0 Å². The van der Waals surface area contributed by atoms with Crippen molar-refractivity contribution in [3.8, 4) is 5.75 Å². The minimum absolute atomic E-state index is 0.103. The van der Waals surface area contributed by atoms with Crippen LogP contribution in [0.25, 0.3) is 11.7 Å². The first-order valence-corrected chi connectivity index (χ1v) is 8.22. The summed E-state index contributed by atoms with van der Waals surface area (Å²) in [5.74, 6) is 0.373. The van der Waals surface area contributed by atoms with E-state index < -0.39 is 5.97 Å². The van der Waals surface area contributed by atoms with E-state index >= 15 is 0 Å². The molecule has 0 aliphatic heterocycles. The lowest BCUT2D eigenvalue weighted by Crippen LogP contribution is -2.00. The number of hydrogen-bond donors (Lipinski definition) is 0. The quantitative estimate of drug-likeness (QED) is 0.492. The molecule has 0 aliphatic carbocycles. The molecule has 0 unspecified atom stereocenters. The van der Waals surface area contributed by atoms with Crippen molar-refractivity contribution in [1.29, 1.82) is 0 Å². The van der Waals surface area contributed by atoms with Crippen LogP contribution in [0.1, 0.15) is 18.2 Å². The number of pyridine rings is 1. The molecule has 6 heteroatoms. The number of benzene rings is 1. The Balaban J connectivity index is 1.56. The average Bonchev–Trinajstić information content (AvgIpc) is 3.01. The van der Waals surface area contributed by atoms with Crippen LogP contribution in [-0.2, 0) is 16.1 Å². The number of nitrogens with zero attached hydrogens (tertiary/aromatic N) is 2. The van der Waals surface area contributed by atoms with Gasteiger partial charge in [-0.25, -0.2) is 9.78 Å². The summed E-state index contributed by atoms with van der Waals surface area (Å²) < 4.78 is 12.4. The Morgan fingerprint density at radius 3 is 2.76 bits per heavy atom. The predicted octanol–water partition coefficient (Wildman–Crippen LogP) is 4.14. The maximum Gasteiger partial charge on any atom is 0.331 e. The van der Waals surface area contributed by atoms with Gasteiger partial charge in [-0.05, 0) is 42.8 Å². The number of fused-ring (bicyclic) bond motifs is 1. The van der Waals surface area contributed by atoms with Crippen LogP contribution in [0.2, 0.25) is 5.02 Å². The van der Waals surface area contributed by atoms with Gasteiger partial charge in [0.15, 0.2) is 0 Å². The van der Waals surface area contributed by atoms with Gasteiger partial charge in [0.05, 0.1) is 17.3 Å². The standard InChI is InChI=1S/C19H17ClN2O3/c1-2-24-17-7-3-14(4-8-17)5-10-19(23)25-13-16-12-22-11-15(20)6-9-18(22)21-16/h3-12H,2,13H2,1H3/b10-5-. The van der Waals surface area contributed by atoms with Gasteiger partial charge < -0.3 is 13.9 Å². The van der Waals surface area contributed by atoms with Gasteiger partial charge in [0, 0.05) is 18.5 Å². The number of hydrogen-bond acceptors (Lipinski definition) is 4. The molecule has 2 heterocycles. The highest BCUT2D eigenvalue weighted by atomic mass is 35.5. The third kappa shape index (κ3) is 4.61. The fourth-order valence-corrected chi connectivity index (χ4v) is 2.45. The van der Waals surface area contributed by atoms with Gasteiger partial charge in [-0.3, -0.25) is 0 Å². The Hall–Kier alpha value is -2.79. The van der Waals surface area contributed by atoms with Crippen molar-refractivity contribution in [2.45, 2.75) is 13.5 Å². The molecule has 5 nitrogen and oxygen atoms in total. The lowest BCUT2D eigenvalue weighted by atomic mass is 10.2. The van der Waals surface area contributed by atoms with Crippen LogP contribution in [-0.4, -0.2) is 22.0 Å². The first-order valence-electron chi connectivity index (χ1n) is 7.85. The van der Waals surface area contributed by atoms with Crippen LogP contribution in [0.5, 0.6) is 5.75 Å². The van der Waals surface area contributed by atoms with Crippen LogP contribution < -0.4 is 4.74 Å². The molecule has 0 spiro atoms. The minimum atomic E-state index is -0.427. The van der Waals surface area contributed by atoms with Crippen molar-refractivity contribution in [3.63, 3.8) is 0 Å². The Morgan fingerprint density at radius 2 is 2.00 bits per heavy atom. The number of rotatable bonds is 6. The van der Waals surface area contributed by atoms with E-state index in [2.05, 4.69) is 4.98 Å². The molecule has 3 rings (SSSR count). The van der Waals surface area contributed by atoms with Crippen molar-refractivity contribution in [2.75, 3.05) is 6.61 Å². The van der Waals surface area contributed by atoms with E-state index in [4.69, 9.17) is 21.1 Å². The fraction of sp³-hybridized carbons (Fsp3) is 0.158. The number of carbonyl (C=O) groups excluding carboxylic acids is 1. The van der Waals surface area contributed by atoms with E-state index in [0.29, 0.717) is 17.3 Å². The average molecular weight is 357 g/mol. The highest BCUT2D eigenvalue weighted by Gasteiger charge is 2.05. The van der Waals surface area contributed by atoms with Gasteiger partial charge in [0.25, 0.3) is 0 Å². The van der Waals surface area contributed by atoms with Crippen LogP contribution in [0.3, 0.4) is 0 Å². The molecule has 25 heavy (non-hydrogen) atoms. The second-order valence-corrected chi connectivity index (χ2v) is 5.72. The van der Waals surface area contributed by atoms with Crippen LogP contribution in [0.4, 0.5) is 0 Å². The van der Waals surface area contributed by atoms with Gasteiger partial charge in [-0.15, -0.1) is 0 Å². The van der Waals surface area contributed by atoms with Crippen LogP contribution in [0.15, 0.2) is 54.9 Å². The van der Waals surface area contributed by atoms with Crippen molar-refractivity contribution < 1.29 is 14.3 Å². The molecule has 1 aromatic carbocycles. The molecular formula is C19H17ClN2O3. The first-order chi connectivity index (χ1) is 12.1. The zero-order valence-electron chi connectivity index (χ0n) is 13.7. The summed E-state index contributed by atoms with van der Waals surface area (Å²) in [5, 5.41) is 0.617. The van der Waals surface area contributed by atoms with Gasteiger partial charge in [-0.2, -0.15) is 0 Å². The SMILES string of the molecule is CCOc1ccc(/C=C\C(=O)OCc2cn3cc(Cl)ccc3n2)cc1. The highest BCUT2D eigenvalue weighted by Crippen LogP contribution is 2.14. The summed E-state index contributed by atoms with van der Waals surface area (Å²) >= 11 is 5.93. The van der Waals surface area contributed by atoms with Crippen molar-refractivity contribution in [1.82, 2.24) is 9.38 Å². The predicted molar refractivity (Wildman–Crippen MR) is 96.6 cm³/mol. The monoisotopic (exact) mass is 356 g/mol. The lowest BCUT2D eigenvalue weighted by molar-refractivity contribution is -0.139. The summed E-state index contributed by atoms with van der Waals surface area (Å²) in [7, 11) is 0. The Kier molecular flexibility index (Phi) is 5.36.